The molecule has 1 aliphatic rings. The number of nitrogens with zero attached hydrogens (tertiary/aromatic N) is 1. The molecule has 2 aromatic carbocycles. The van der Waals surface area contributed by atoms with E-state index >= 15 is 0 Å². The van der Waals surface area contributed by atoms with Crippen molar-refractivity contribution >= 4 is 34.3 Å². The summed E-state index contributed by atoms with van der Waals surface area (Å²) in [5, 5.41) is 2.58. The second kappa shape index (κ2) is 2.82. The van der Waals surface area contributed by atoms with Crippen molar-refractivity contribution in [2.24, 2.45) is 0 Å². The Labute approximate surface area is 87.2 Å². The molecule has 70 valence electrons. The Kier molecular flexibility index (Phi) is 1.61. The summed E-state index contributed by atoms with van der Waals surface area (Å²) in [5.74, 6) is 0. The van der Waals surface area contributed by atoms with E-state index in [1.54, 1.807) is 12.1 Å². The number of hydrogen-bond donors (Lipinski definition) is 1. The molecule has 3 heteroatoms. The van der Waals surface area contributed by atoms with Gasteiger partial charge >= 0.3 is 0 Å². The van der Waals surface area contributed by atoms with Crippen LogP contribution in [-0.2, 0) is 0 Å². The van der Waals surface area contributed by atoms with Crippen molar-refractivity contribution in [1.29, 1.82) is 0 Å². The van der Waals surface area contributed by atoms with E-state index in [4.69, 9.17) is 0 Å². The van der Waals surface area contributed by atoms with Crippen LogP contribution in [0, 0.1) is 0 Å². The Hall–Kier alpha value is -1.35. The van der Waals surface area contributed by atoms with Crippen molar-refractivity contribution in [1.82, 2.24) is 0 Å². The topological polar surface area (TPSA) is 15.3 Å². The Morgan fingerprint density at radius 1 is 1.14 bits per heavy atom. The summed E-state index contributed by atoms with van der Waals surface area (Å²) in [5.41, 5.74) is 2.46. The van der Waals surface area contributed by atoms with Crippen molar-refractivity contribution in [2.45, 2.75) is 0 Å². The number of benzene rings is 2. The standard InChI is InChI=1S/C11H10N2S/c1-13-11-7-9-5-3-2-4-8(9)6-10(11)12-14-13/h2-7,12H,1H3. The van der Waals surface area contributed by atoms with Crippen LogP contribution in [0.2, 0.25) is 0 Å². The maximum absolute atomic E-state index is 3.28. The predicted molar refractivity (Wildman–Crippen MR) is 63.6 cm³/mol. The molecule has 2 nitrogen and oxygen atoms in total. The SMILES string of the molecule is CN1SNc2cc3ccccc3cc21. The van der Waals surface area contributed by atoms with E-state index in [1.165, 1.54) is 22.1 Å². The lowest BCUT2D eigenvalue weighted by Gasteiger charge is -2.08. The van der Waals surface area contributed by atoms with Gasteiger partial charge in [-0.2, -0.15) is 0 Å². The third kappa shape index (κ3) is 1.06. The van der Waals surface area contributed by atoms with Crippen LogP contribution in [-0.4, -0.2) is 7.05 Å². The Morgan fingerprint density at radius 2 is 1.86 bits per heavy atom. The molecule has 1 aliphatic heterocycles. The zero-order chi connectivity index (χ0) is 9.54. The first kappa shape index (κ1) is 8.00. The highest BCUT2D eigenvalue weighted by Gasteiger charge is 2.16. The number of rotatable bonds is 0. The van der Waals surface area contributed by atoms with E-state index in [9.17, 15) is 0 Å². The fourth-order valence-electron chi connectivity index (χ4n) is 1.74. The van der Waals surface area contributed by atoms with Crippen LogP contribution in [0.5, 0.6) is 0 Å². The molecular formula is C11H10N2S. The van der Waals surface area contributed by atoms with E-state index in [0.717, 1.165) is 0 Å². The fraction of sp³-hybridized carbons (Fsp3) is 0.0909. The van der Waals surface area contributed by atoms with Crippen molar-refractivity contribution in [3.05, 3.63) is 36.4 Å². The van der Waals surface area contributed by atoms with Crippen molar-refractivity contribution in [3.63, 3.8) is 0 Å². The molecule has 0 fully saturated rings. The zero-order valence-electron chi connectivity index (χ0n) is 7.82. The molecule has 3 rings (SSSR count). The molecule has 0 saturated carbocycles. The van der Waals surface area contributed by atoms with Crippen molar-refractivity contribution < 1.29 is 0 Å². The first-order valence-electron chi connectivity index (χ1n) is 4.54. The normalized spacial score (nSPS) is 14.2. The summed E-state index contributed by atoms with van der Waals surface area (Å²) in [4.78, 5) is 0. The van der Waals surface area contributed by atoms with Gasteiger partial charge in [-0.3, -0.25) is 4.31 Å². The van der Waals surface area contributed by atoms with Gasteiger partial charge in [-0.25, -0.2) is 0 Å². The van der Waals surface area contributed by atoms with Crippen LogP contribution in [0.15, 0.2) is 36.4 Å². The first-order chi connectivity index (χ1) is 6.84. The molecule has 0 amide bonds. The predicted octanol–water partition coefficient (Wildman–Crippen LogP) is 3.26. The Balaban J connectivity index is 2.33. The lowest BCUT2D eigenvalue weighted by molar-refractivity contribution is 1.40. The third-order valence-electron chi connectivity index (χ3n) is 2.50. The van der Waals surface area contributed by atoms with E-state index < -0.39 is 0 Å². The summed E-state index contributed by atoms with van der Waals surface area (Å²) in [6.45, 7) is 0. The van der Waals surface area contributed by atoms with Crippen LogP contribution in [0.3, 0.4) is 0 Å². The lowest BCUT2D eigenvalue weighted by Crippen LogP contribution is -2.00. The molecule has 0 unspecified atom stereocenters. The van der Waals surface area contributed by atoms with Gasteiger partial charge in [-0.05, 0) is 22.9 Å². The van der Waals surface area contributed by atoms with Crippen molar-refractivity contribution in [2.75, 3.05) is 16.1 Å². The second-order valence-electron chi connectivity index (χ2n) is 3.41. The van der Waals surface area contributed by atoms with Gasteiger partial charge in [0.2, 0.25) is 0 Å². The van der Waals surface area contributed by atoms with Gasteiger partial charge < -0.3 is 4.72 Å². The minimum atomic E-state index is 1.20. The minimum absolute atomic E-state index is 1.20. The molecule has 0 aromatic heterocycles. The van der Waals surface area contributed by atoms with E-state index in [-0.39, 0.29) is 0 Å². The highest BCUT2D eigenvalue weighted by Crippen LogP contribution is 2.40. The van der Waals surface area contributed by atoms with Gasteiger partial charge in [-0.1, -0.05) is 24.3 Å². The van der Waals surface area contributed by atoms with Crippen LogP contribution in [0.1, 0.15) is 0 Å². The number of nitrogens with one attached hydrogen (secondary N) is 1. The van der Waals surface area contributed by atoms with Gasteiger partial charge in [0.1, 0.15) is 0 Å². The molecule has 0 saturated heterocycles. The molecular weight excluding hydrogens is 192 g/mol. The third-order valence-corrected chi connectivity index (χ3v) is 3.28. The van der Waals surface area contributed by atoms with Gasteiger partial charge in [0, 0.05) is 7.05 Å². The highest BCUT2D eigenvalue weighted by atomic mass is 32.2. The van der Waals surface area contributed by atoms with Crippen LogP contribution in [0.25, 0.3) is 10.8 Å². The molecule has 0 spiro atoms. The minimum Gasteiger partial charge on any atom is -0.310 e. The zero-order valence-corrected chi connectivity index (χ0v) is 8.64. The maximum atomic E-state index is 3.28. The van der Waals surface area contributed by atoms with Crippen LogP contribution in [0.4, 0.5) is 11.4 Å². The average Bonchev–Trinajstić information content (AvgIpc) is 2.57. The first-order valence-corrected chi connectivity index (χ1v) is 5.31. The number of anilines is 2. The van der Waals surface area contributed by atoms with Crippen molar-refractivity contribution in [3.8, 4) is 0 Å². The van der Waals surface area contributed by atoms with E-state index in [2.05, 4.69) is 52.5 Å². The van der Waals surface area contributed by atoms with Gasteiger partial charge in [0.25, 0.3) is 0 Å². The summed E-state index contributed by atoms with van der Waals surface area (Å²) >= 11 is 1.62. The molecule has 0 bridgehead atoms. The maximum Gasteiger partial charge on any atom is 0.0729 e. The summed E-state index contributed by atoms with van der Waals surface area (Å²) in [7, 11) is 2.07. The molecule has 1 N–H and O–H groups in total. The van der Waals surface area contributed by atoms with Gasteiger partial charge in [0.05, 0.1) is 23.5 Å². The second-order valence-corrected chi connectivity index (χ2v) is 4.34. The average molecular weight is 202 g/mol. The number of fused-ring (bicyclic) bond motifs is 2. The van der Waals surface area contributed by atoms with E-state index in [0.29, 0.717) is 0 Å². The summed E-state index contributed by atoms with van der Waals surface area (Å²) in [6, 6.07) is 12.8. The summed E-state index contributed by atoms with van der Waals surface area (Å²) < 4.78 is 5.43. The van der Waals surface area contributed by atoms with E-state index in [1.807, 2.05) is 0 Å². The molecule has 2 aromatic rings. The molecule has 0 atom stereocenters. The quantitative estimate of drug-likeness (QED) is 0.660. The largest absolute Gasteiger partial charge is 0.310 e. The molecule has 0 radical (unpaired) electrons. The lowest BCUT2D eigenvalue weighted by atomic mass is 10.1. The Bertz CT molecular complexity index is 496. The smallest absolute Gasteiger partial charge is 0.0729 e. The van der Waals surface area contributed by atoms with Gasteiger partial charge in [0.15, 0.2) is 0 Å². The van der Waals surface area contributed by atoms with Crippen LogP contribution >= 0.6 is 12.1 Å². The highest BCUT2D eigenvalue weighted by molar-refractivity contribution is 8.02. The molecule has 0 aliphatic carbocycles. The molecule has 1 heterocycles. The Morgan fingerprint density at radius 3 is 2.64 bits per heavy atom. The van der Waals surface area contributed by atoms with Gasteiger partial charge in [-0.15, -0.1) is 0 Å². The monoisotopic (exact) mass is 202 g/mol. The number of hydrogen-bond acceptors (Lipinski definition) is 3. The fourth-order valence-corrected chi connectivity index (χ4v) is 2.39. The summed E-state index contributed by atoms with van der Waals surface area (Å²) in [6.07, 6.45) is 0. The molecule has 14 heavy (non-hydrogen) atoms. The van der Waals surface area contributed by atoms with Crippen LogP contribution < -0.4 is 9.03 Å².